The summed E-state index contributed by atoms with van der Waals surface area (Å²) in [4.78, 5) is 11.3. The summed E-state index contributed by atoms with van der Waals surface area (Å²) < 4.78 is 0. The van der Waals surface area contributed by atoms with Crippen LogP contribution in [0.1, 0.15) is 30.7 Å². The Morgan fingerprint density at radius 2 is 2.06 bits per heavy atom. The first-order valence-corrected chi connectivity index (χ1v) is 5.84. The number of hydrogen-bond donors (Lipinski definition) is 2. The second-order valence-corrected chi connectivity index (χ2v) is 4.80. The lowest BCUT2D eigenvalue weighted by atomic mass is 9.85. The first-order valence-electron chi connectivity index (χ1n) is 5.84. The van der Waals surface area contributed by atoms with Crippen LogP contribution in [0.15, 0.2) is 24.3 Å². The number of carboxylic acid groups (broad SMARTS) is 1. The van der Waals surface area contributed by atoms with Gasteiger partial charge in [-0.25, -0.2) is 0 Å². The third-order valence-corrected chi connectivity index (χ3v) is 3.66. The Morgan fingerprint density at radius 3 is 2.75 bits per heavy atom. The highest BCUT2D eigenvalue weighted by molar-refractivity contribution is 5.80. The van der Waals surface area contributed by atoms with Crippen molar-refractivity contribution in [1.82, 2.24) is 0 Å². The number of para-hydroxylation sites is 1. The van der Waals surface area contributed by atoms with E-state index in [4.69, 9.17) is 0 Å². The van der Waals surface area contributed by atoms with E-state index in [1.807, 2.05) is 24.3 Å². The predicted molar refractivity (Wildman–Crippen MR) is 61.6 cm³/mol. The molecule has 0 unspecified atom stereocenters. The van der Waals surface area contributed by atoms with Crippen molar-refractivity contribution in [2.75, 3.05) is 5.32 Å². The minimum atomic E-state index is -0.695. The molecule has 2 atom stereocenters. The van der Waals surface area contributed by atoms with Crippen molar-refractivity contribution in [1.29, 1.82) is 0 Å². The lowest BCUT2D eigenvalue weighted by molar-refractivity contribution is -0.139. The van der Waals surface area contributed by atoms with Gasteiger partial charge in [-0.2, -0.15) is 0 Å². The zero-order valence-electron chi connectivity index (χ0n) is 9.02. The summed E-state index contributed by atoms with van der Waals surface area (Å²) in [5.74, 6) is -0.335. The van der Waals surface area contributed by atoms with Crippen molar-refractivity contribution in [3.63, 3.8) is 0 Å². The molecule has 2 N–H and O–H groups in total. The number of fused-ring (bicyclic) bond motifs is 1. The van der Waals surface area contributed by atoms with Crippen LogP contribution in [-0.4, -0.2) is 17.1 Å². The summed E-state index contributed by atoms with van der Waals surface area (Å²) in [7, 11) is 0. The maximum atomic E-state index is 11.3. The number of benzene rings is 1. The fourth-order valence-corrected chi connectivity index (χ4v) is 2.61. The van der Waals surface area contributed by atoms with E-state index in [0.717, 1.165) is 17.7 Å². The standard InChI is InChI=1S/C13H15NO2/c15-13(16)10-7-12(8-5-6-8)14-11-4-2-1-3-9(10)11/h1-4,8,10,12,14H,5-7H2,(H,15,16)/t10-,12-/m1/s1. The molecule has 1 aromatic carbocycles. The van der Waals surface area contributed by atoms with Crippen LogP contribution < -0.4 is 5.32 Å². The maximum absolute atomic E-state index is 11.3. The van der Waals surface area contributed by atoms with Gasteiger partial charge < -0.3 is 10.4 Å². The van der Waals surface area contributed by atoms with Gasteiger partial charge >= 0.3 is 5.97 Å². The van der Waals surface area contributed by atoms with Gasteiger partial charge in [0.2, 0.25) is 0 Å². The zero-order valence-corrected chi connectivity index (χ0v) is 9.02. The van der Waals surface area contributed by atoms with Crippen molar-refractivity contribution < 1.29 is 9.90 Å². The van der Waals surface area contributed by atoms with Crippen LogP contribution in [-0.2, 0) is 4.79 Å². The SMILES string of the molecule is O=C(O)[C@@H]1C[C@H](C2CC2)Nc2ccccc21. The van der Waals surface area contributed by atoms with E-state index < -0.39 is 5.97 Å². The number of hydrogen-bond acceptors (Lipinski definition) is 2. The minimum Gasteiger partial charge on any atom is -0.481 e. The van der Waals surface area contributed by atoms with Crippen LogP contribution in [0.4, 0.5) is 5.69 Å². The molecule has 16 heavy (non-hydrogen) atoms. The van der Waals surface area contributed by atoms with Gasteiger partial charge in [0.25, 0.3) is 0 Å². The monoisotopic (exact) mass is 217 g/mol. The summed E-state index contributed by atoms with van der Waals surface area (Å²) in [6.45, 7) is 0. The van der Waals surface area contributed by atoms with E-state index in [-0.39, 0.29) is 5.92 Å². The molecule has 1 aliphatic heterocycles. The van der Waals surface area contributed by atoms with E-state index in [0.29, 0.717) is 12.0 Å². The van der Waals surface area contributed by atoms with Crippen LogP contribution >= 0.6 is 0 Å². The second kappa shape index (κ2) is 3.51. The summed E-state index contributed by atoms with van der Waals surface area (Å²) in [6, 6.07) is 8.13. The van der Waals surface area contributed by atoms with Crippen molar-refractivity contribution >= 4 is 11.7 Å². The Balaban J connectivity index is 1.96. The van der Waals surface area contributed by atoms with Gasteiger partial charge in [0.15, 0.2) is 0 Å². The Labute approximate surface area is 94.5 Å². The summed E-state index contributed by atoms with van der Waals surface area (Å²) in [5.41, 5.74) is 1.95. The van der Waals surface area contributed by atoms with Gasteiger partial charge in [-0.05, 0) is 36.8 Å². The minimum absolute atomic E-state index is 0.331. The molecule has 3 heteroatoms. The lowest BCUT2D eigenvalue weighted by Crippen LogP contribution is -2.32. The highest BCUT2D eigenvalue weighted by atomic mass is 16.4. The Morgan fingerprint density at radius 1 is 1.31 bits per heavy atom. The molecule has 2 aliphatic rings. The molecule has 84 valence electrons. The van der Waals surface area contributed by atoms with Crippen LogP contribution in [0.25, 0.3) is 0 Å². The van der Waals surface area contributed by atoms with E-state index in [9.17, 15) is 9.90 Å². The van der Waals surface area contributed by atoms with Crippen molar-refractivity contribution in [3.05, 3.63) is 29.8 Å². The highest BCUT2D eigenvalue weighted by Crippen LogP contribution is 2.43. The van der Waals surface area contributed by atoms with Crippen LogP contribution in [0.3, 0.4) is 0 Å². The second-order valence-electron chi connectivity index (χ2n) is 4.80. The van der Waals surface area contributed by atoms with E-state index in [1.54, 1.807) is 0 Å². The average Bonchev–Trinajstić information content (AvgIpc) is 3.11. The largest absolute Gasteiger partial charge is 0.481 e. The van der Waals surface area contributed by atoms with Gasteiger partial charge in [0, 0.05) is 11.7 Å². The Bertz CT molecular complexity index is 426. The van der Waals surface area contributed by atoms with Crippen molar-refractivity contribution in [2.24, 2.45) is 5.92 Å². The molecule has 1 saturated carbocycles. The fourth-order valence-electron chi connectivity index (χ4n) is 2.61. The molecule has 3 rings (SSSR count). The van der Waals surface area contributed by atoms with Crippen LogP contribution in [0, 0.1) is 5.92 Å². The zero-order chi connectivity index (χ0) is 11.1. The van der Waals surface area contributed by atoms with Crippen LogP contribution in [0.2, 0.25) is 0 Å². The molecule has 3 nitrogen and oxygen atoms in total. The van der Waals surface area contributed by atoms with Gasteiger partial charge in [0.05, 0.1) is 5.92 Å². The smallest absolute Gasteiger partial charge is 0.311 e. The van der Waals surface area contributed by atoms with Gasteiger partial charge in [-0.1, -0.05) is 18.2 Å². The van der Waals surface area contributed by atoms with Gasteiger partial charge in [-0.3, -0.25) is 4.79 Å². The first kappa shape index (κ1) is 9.70. The van der Waals surface area contributed by atoms with Crippen molar-refractivity contribution in [3.8, 4) is 0 Å². The number of carboxylic acids is 1. The lowest BCUT2D eigenvalue weighted by Gasteiger charge is -2.31. The average molecular weight is 217 g/mol. The molecule has 0 saturated heterocycles. The molecule has 0 aromatic heterocycles. The third kappa shape index (κ3) is 1.56. The summed E-state index contributed by atoms with van der Waals surface area (Å²) in [6.07, 6.45) is 3.22. The fraction of sp³-hybridized carbons (Fsp3) is 0.462. The Hall–Kier alpha value is -1.51. The number of anilines is 1. The predicted octanol–water partition coefficient (Wildman–Crippen LogP) is 2.45. The molecule has 1 fully saturated rings. The summed E-state index contributed by atoms with van der Waals surface area (Å²) in [5, 5.41) is 12.8. The molecular formula is C13H15NO2. The van der Waals surface area contributed by atoms with Crippen molar-refractivity contribution in [2.45, 2.75) is 31.2 Å². The highest BCUT2D eigenvalue weighted by Gasteiger charge is 2.38. The topological polar surface area (TPSA) is 49.3 Å². The van der Waals surface area contributed by atoms with E-state index in [1.165, 1.54) is 12.8 Å². The molecule has 1 aliphatic carbocycles. The van der Waals surface area contributed by atoms with E-state index in [2.05, 4.69) is 5.32 Å². The number of aliphatic carboxylic acids is 1. The molecule has 1 heterocycles. The molecule has 0 spiro atoms. The maximum Gasteiger partial charge on any atom is 0.311 e. The first-order chi connectivity index (χ1) is 7.75. The molecular weight excluding hydrogens is 202 g/mol. The van der Waals surface area contributed by atoms with Crippen LogP contribution in [0.5, 0.6) is 0 Å². The number of nitrogens with one attached hydrogen (secondary N) is 1. The van der Waals surface area contributed by atoms with Gasteiger partial charge in [0.1, 0.15) is 0 Å². The number of carbonyl (C=O) groups is 1. The number of rotatable bonds is 2. The Kier molecular flexibility index (Phi) is 2.13. The van der Waals surface area contributed by atoms with Gasteiger partial charge in [-0.15, -0.1) is 0 Å². The normalized spacial score (nSPS) is 28.0. The third-order valence-electron chi connectivity index (χ3n) is 3.66. The summed E-state index contributed by atoms with van der Waals surface area (Å²) >= 11 is 0. The molecule has 0 bridgehead atoms. The molecule has 1 aromatic rings. The molecule has 0 radical (unpaired) electrons. The van der Waals surface area contributed by atoms with E-state index >= 15 is 0 Å². The quantitative estimate of drug-likeness (QED) is 0.800. The molecule has 0 amide bonds.